The van der Waals surface area contributed by atoms with Crippen LogP contribution in [-0.4, -0.2) is 19.8 Å². The Morgan fingerprint density at radius 3 is 2.82 bits per heavy atom. The number of methoxy groups -OCH3 is 1. The Morgan fingerprint density at radius 1 is 1.47 bits per heavy atom. The zero-order valence-corrected chi connectivity index (χ0v) is 10.6. The average molecular weight is 235 g/mol. The van der Waals surface area contributed by atoms with Gasteiger partial charge in [0.25, 0.3) is 0 Å². The first-order chi connectivity index (χ1) is 8.21. The lowest BCUT2D eigenvalue weighted by atomic mass is 10.0. The predicted octanol–water partition coefficient (Wildman–Crippen LogP) is 2.54. The molecule has 17 heavy (non-hydrogen) atoms. The van der Waals surface area contributed by atoms with Crippen molar-refractivity contribution in [2.75, 3.05) is 13.7 Å². The topological polar surface area (TPSA) is 44.5 Å². The van der Waals surface area contributed by atoms with Gasteiger partial charge in [-0.05, 0) is 36.6 Å². The van der Waals surface area contributed by atoms with Crippen molar-refractivity contribution in [2.24, 2.45) is 5.73 Å². The smallest absolute Gasteiger partial charge is 0.123 e. The quantitative estimate of drug-likeness (QED) is 0.739. The van der Waals surface area contributed by atoms with E-state index in [1.165, 1.54) is 0 Å². The van der Waals surface area contributed by atoms with Crippen LogP contribution in [0.1, 0.15) is 18.9 Å². The maximum absolute atomic E-state index is 5.98. The number of hydrogen-bond acceptors (Lipinski definition) is 3. The number of hydrogen-bond donors (Lipinski definition) is 1. The van der Waals surface area contributed by atoms with Crippen LogP contribution in [0.5, 0.6) is 11.5 Å². The summed E-state index contributed by atoms with van der Waals surface area (Å²) in [4.78, 5) is 0. The summed E-state index contributed by atoms with van der Waals surface area (Å²) in [7, 11) is 1.66. The van der Waals surface area contributed by atoms with Crippen molar-refractivity contribution in [2.45, 2.75) is 25.8 Å². The van der Waals surface area contributed by atoms with Gasteiger partial charge in [0.15, 0.2) is 0 Å². The monoisotopic (exact) mass is 235 g/mol. The van der Waals surface area contributed by atoms with Gasteiger partial charge in [-0.1, -0.05) is 19.6 Å². The summed E-state index contributed by atoms with van der Waals surface area (Å²) in [5, 5.41) is 0. The number of benzene rings is 1. The lowest BCUT2D eigenvalue weighted by Crippen LogP contribution is -2.21. The second-order valence-electron chi connectivity index (χ2n) is 3.95. The number of rotatable bonds is 7. The first-order valence-corrected chi connectivity index (χ1v) is 5.87. The Morgan fingerprint density at radius 2 is 2.24 bits per heavy atom. The Kier molecular flexibility index (Phi) is 5.57. The second kappa shape index (κ2) is 6.97. The molecule has 0 amide bonds. The van der Waals surface area contributed by atoms with Crippen LogP contribution in [0.2, 0.25) is 0 Å². The minimum absolute atomic E-state index is 0.146. The van der Waals surface area contributed by atoms with Crippen molar-refractivity contribution in [3.8, 4) is 11.5 Å². The fraction of sp³-hybridized carbons (Fsp3) is 0.429. The van der Waals surface area contributed by atoms with Gasteiger partial charge in [0.1, 0.15) is 18.1 Å². The van der Waals surface area contributed by atoms with Crippen LogP contribution in [0, 0.1) is 0 Å². The van der Waals surface area contributed by atoms with Gasteiger partial charge in [0.2, 0.25) is 0 Å². The fourth-order valence-electron chi connectivity index (χ4n) is 1.56. The van der Waals surface area contributed by atoms with Gasteiger partial charge in [-0.15, -0.1) is 0 Å². The average Bonchev–Trinajstić information content (AvgIpc) is 2.36. The summed E-state index contributed by atoms with van der Waals surface area (Å²) in [5.74, 6) is 1.68. The molecule has 3 nitrogen and oxygen atoms in total. The third-order valence-electron chi connectivity index (χ3n) is 2.63. The highest BCUT2D eigenvalue weighted by atomic mass is 16.5. The molecule has 0 radical (unpaired) electrons. The molecule has 1 atom stereocenters. The highest BCUT2D eigenvalue weighted by Crippen LogP contribution is 2.25. The standard InChI is InChI=1S/C14H21NO2/c1-4-8-17-14-7-6-13(16-3)10-11(14)9-12(15)5-2/h4,6-7,10,12H,1,5,8-9,15H2,2-3H3. The maximum atomic E-state index is 5.98. The largest absolute Gasteiger partial charge is 0.497 e. The Balaban J connectivity index is 2.89. The SMILES string of the molecule is C=CCOc1ccc(OC)cc1CC(N)CC. The molecule has 3 heteroatoms. The lowest BCUT2D eigenvalue weighted by Gasteiger charge is -2.14. The molecule has 1 rings (SSSR count). The van der Waals surface area contributed by atoms with Crippen LogP contribution in [0.3, 0.4) is 0 Å². The maximum Gasteiger partial charge on any atom is 0.123 e. The van der Waals surface area contributed by atoms with Gasteiger partial charge >= 0.3 is 0 Å². The van der Waals surface area contributed by atoms with Gasteiger partial charge in [-0.25, -0.2) is 0 Å². The van der Waals surface area contributed by atoms with Crippen LogP contribution in [-0.2, 0) is 6.42 Å². The summed E-state index contributed by atoms with van der Waals surface area (Å²) in [6, 6.07) is 5.93. The van der Waals surface area contributed by atoms with Crippen molar-refractivity contribution < 1.29 is 9.47 Å². The van der Waals surface area contributed by atoms with Gasteiger partial charge in [0, 0.05) is 6.04 Å². The summed E-state index contributed by atoms with van der Waals surface area (Å²) < 4.78 is 10.8. The summed E-state index contributed by atoms with van der Waals surface area (Å²) >= 11 is 0. The summed E-state index contributed by atoms with van der Waals surface area (Å²) in [6.07, 6.45) is 3.46. The predicted molar refractivity (Wildman–Crippen MR) is 70.7 cm³/mol. The zero-order chi connectivity index (χ0) is 12.7. The van der Waals surface area contributed by atoms with Gasteiger partial charge in [-0.2, -0.15) is 0 Å². The van der Waals surface area contributed by atoms with E-state index in [0.29, 0.717) is 6.61 Å². The Hall–Kier alpha value is -1.48. The molecule has 1 unspecified atom stereocenters. The van der Waals surface area contributed by atoms with E-state index in [1.54, 1.807) is 13.2 Å². The molecule has 1 aromatic rings. The van der Waals surface area contributed by atoms with E-state index < -0.39 is 0 Å². The molecule has 0 fully saturated rings. The highest BCUT2D eigenvalue weighted by Gasteiger charge is 2.09. The van der Waals surface area contributed by atoms with Crippen molar-refractivity contribution in [3.63, 3.8) is 0 Å². The van der Waals surface area contributed by atoms with Crippen LogP contribution in [0.25, 0.3) is 0 Å². The van der Waals surface area contributed by atoms with Crippen molar-refractivity contribution in [1.29, 1.82) is 0 Å². The fourth-order valence-corrected chi connectivity index (χ4v) is 1.56. The third kappa shape index (κ3) is 4.11. The Bertz CT molecular complexity index is 363. The normalized spacial score (nSPS) is 11.9. The molecule has 1 aromatic carbocycles. The molecule has 0 spiro atoms. The first kappa shape index (κ1) is 13.6. The molecule has 2 N–H and O–H groups in total. The minimum Gasteiger partial charge on any atom is -0.497 e. The number of nitrogens with two attached hydrogens (primary N) is 1. The molecule has 0 heterocycles. The second-order valence-corrected chi connectivity index (χ2v) is 3.95. The van der Waals surface area contributed by atoms with E-state index in [4.69, 9.17) is 15.2 Å². The van der Waals surface area contributed by atoms with Gasteiger partial charge in [0.05, 0.1) is 7.11 Å². The molecule has 0 aliphatic heterocycles. The van der Waals surface area contributed by atoms with Crippen LogP contribution >= 0.6 is 0 Å². The summed E-state index contributed by atoms with van der Waals surface area (Å²) in [6.45, 7) is 6.22. The highest BCUT2D eigenvalue weighted by molar-refractivity contribution is 5.40. The molecule has 0 saturated heterocycles. The molecule has 0 aliphatic rings. The van der Waals surface area contributed by atoms with Crippen molar-refractivity contribution in [3.05, 3.63) is 36.4 Å². The Labute approximate surface area is 103 Å². The number of ether oxygens (including phenoxy) is 2. The van der Waals surface area contributed by atoms with Crippen molar-refractivity contribution >= 4 is 0 Å². The van der Waals surface area contributed by atoms with E-state index in [0.717, 1.165) is 29.9 Å². The third-order valence-corrected chi connectivity index (χ3v) is 2.63. The van der Waals surface area contributed by atoms with Gasteiger partial charge in [-0.3, -0.25) is 0 Å². The van der Waals surface area contributed by atoms with Crippen LogP contribution in [0.4, 0.5) is 0 Å². The van der Waals surface area contributed by atoms with E-state index in [2.05, 4.69) is 13.5 Å². The molecule has 0 aliphatic carbocycles. The molecule has 0 bridgehead atoms. The molecule has 94 valence electrons. The minimum atomic E-state index is 0.146. The molecular weight excluding hydrogens is 214 g/mol. The van der Waals surface area contributed by atoms with E-state index in [9.17, 15) is 0 Å². The zero-order valence-electron chi connectivity index (χ0n) is 10.6. The molecular formula is C14H21NO2. The van der Waals surface area contributed by atoms with E-state index >= 15 is 0 Å². The van der Waals surface area contributed by atoms with E-state index in [-0.39, 0.29) is 6.04 Å². The van der Waals surface area contributed by atoms with Gasteiger partial charge < -0.3 is 15.2 Å². The van der Waals surface area contributed by atoms with Crippen molar-refractivity contribution in [1.82, 2.24) is 0 Å². The summed E-state index contributed by atoms with van der Waals surface area (Å²) in [5.41, 5.74) is 7.06. The van der Waals surface area contributed by atoms with E-state index in [1.807, 2.05) is 18.2 Å². The molecule has 0 saturated carbocycles. The van der Waals surface area contributed by atoms with Crippen LogP contribution in [0.15, 0.2) is 30.9 Å². The van der Waals surface area contributed by atoms with Crippen LogP contribution < -0.4 is 15.2 Å². The first-order valence-electron chi connectivity index (χ1n) is 5.87. The molecule has 0 aromatic heterocycles. The lowest BCUT2D eigenvalue weighted by molar-refractivity contribution is 0.355.